The Morgan fingerprint density at radius 1 is 1.38 bits per heavy atom. The first-order chi connectivity index (χ1) is 7.81. The average molecular weight is 285 g/mol. The van der Waals surface area contributed by atoms with Crippen LogP contribution >= 0.6 is 15.9 Å². The summed E-state index contributed by atoms with van der Waals surface area (Å²) in [6, 6.07) is 6.24. The van der Waals surface area contributed by atoms with Crippen molar-refractivity contribution in [2.24, 2.45) is 0 Å². The van der Waals surface area contributed by atoms with Gasteiger partial charge in [-0.15, -0.1) is 0 Å². The lowest BCUT2D eigenvalue weighted by atomic mass is 10.2. The van der Waals surface area contributed by atoms with Gasteiger partial charge in [0.05, 0.1) is 12.3 Å². The minimum Gasteiger partial charge on any atom is -0.492 e. The first-order valence-corrected chi connectivity index (χ1v) is 6.48. The largest absolute Gasteiger partial charge is 0.492 e. The Labute approximate surface area is 105 Å². The van der Waals surface area contributed by atoms with E-state index >= 15 is 0 Å². The van der Waals surface area contributed by atoms with Gasteiger partial charge in [-0.25, -0.2) is 0 Å². The van der Waals surface area contributed by atoms with E-state index in [-0.39, 0.29) is 0 Å². The third-order valence-electron chi connectivity index (χ3n) is 2.68. The molecule has 1 N–H and O–H groups in total. The lowest BCUT2D eigenvalue weighted by molar-refractivity contribution is 0.339. The number of nitrogens with zero attached hydrogens (tertiary/aromatic N) is 1. The van der Waals surface area contributed by atoms with Crippen molar-refractivity contribution in [2.45, 2.75) is 6.92 Å². The van der Waals surface area contributed by atoms with E-state index in [2.05, 4.69) is 38.3 Å². The van der Waals surface area contributed by atoms with Crippen LogP contribution in [0, 0.1) is 0 Å². The van der Waals surface area contributed by atoms with Crippen LogP contribution in [0.25, 0.3) is 0 Å². The number of piperazine rings is 1. The van der Waals surface area contributed by atoms with Gasteiger partial charge < -0.3 is 15.0 Å². The SMILES string of the molecule is CCOc1cc(Br)ccc1N1CCNCC1. The van der Waals surface area contributed by atoms with Gasteiger partial charge in [-0.2, -0.15) is 0 Å². The fourth-order valence-electron chi connectivity index (χ4n) is 1.93. The molecule has 1 aromatic rings. The van der Waals surface area contributed by atoms with Crippen LogP contribution in [0.3, 0.4) is 0 Å². The van der Waals surface area contributed by atoms with Gasteiger partial charge in [-0.3, -0.25) is 0 Å². The zero-order chi connectivity index (χ0) is 11.4. The molecule has 1 fully saturated rings. The number of nitrogens with one attached hydrogen (secondary N) is 1. The van der Waals surface area contributed by atoms with Gasteiger partial charge in [-0.05, 0) is 25.1 Å². The van der Waals surface area contributed by atoms with E-state index < -0.39 is 0 Å². The van der Waals surface area contributed by atoms with Crippen LogP contribution in [-0.4, -0.2) is 32.8 Å². The Morgan fingerprint density at radius 3 is 2.81 bits per heavy atom. The van der Waals surface area contributed by atoms with E-state index in [9.17, 15) is 0 Å². The van der Waals surface area contributed by atoms with E-state index in [0.29, 0.717) is 6.61 Å². The topological polar surface area (TPSA) is 24.5 Å². The predicted molar refractivity (Wildman–Crippen MR) is 70.4 cm³/mol. The van der Waals surface area contributed by atoms with Crippen LogP contribution in [0.15, 0.2) is 22.7 Å². The number of benzene rings is 1. The van der Waals surface area contributed by atoms with Gasteiger partial charge in [0.25, 0.3) is 0 Å². The highest BCUT2D eigenvalue weighted by atomic mass is 79.9. The molecule has 0 aliphatic carbocycles. The van der Waals surface area contributed by atoms with Crippen molar-refractivity contribution in [3.8, 4) is 5.75 Å². The lowest BCUT2D eigenvalue weighted by Gasteiger charge is -2.30. The summed E-state index contributed by atoms with van der Waals surface area (Å²) in [5.74, 6) is 0.971. The maximum absolute atomic E-state index is 5.68. The summed E-state index contributed by atoms with van der Waals surface area (Å²) in [5.41, 5.74) is 1.20. The van der Waals surface area contributed by atoms with Crippen molar-refractivity contribution in [1.29, 1.82) is 0 Å². The third kappa shape index (κ3) is 2.68. The molecule has 1 heterocycles. The standard InChI is InChI=1S/C12H17BrN2O/c1-2-16-12-9-10(13)3-4-11(12)15-7-5-14-6-8-15/h3-4,9,14H,2,5-8H2,1H3. The van der Waals surface area contributed by atoms with Crippen LogP contribution in [0.2, 0.25) is 0 Å². The van der Waals surface area contributed by atoms with Crippen LogP contribution in [0.1, 0.15) is 6.92 Å². The van der Waals surface area contributed by atoms with Gasteiger partial charge >= 0.3 is 0 Å². The highest BCUT2D eigenvalue weighted by Gasteiger charge is 2.14. The van der Waals surface area contributed by atoms with Crippen LogP contribution in [-0.2, 0) is 0 Å². The summed E-state index contributed by atoms with van der Waals surface area (Å²) < 4.78 is 6.74. The van der Waals surface area contributed by atoms with E-state index in [1.165, 1.54) is 5.69 Å². The Kier molecular flexibility index (Phi) is 4.07. The molecule has 0 unspecified atom stereocenters. The summed E-state index contributed by atoms with van der Waals surface area (Å²) in [4.78, 5) is 2.37. The molecule has 0 aromatic heterocycles. The second kappa shape index (κ2) is 5.55. The molecule has 2 rings (SSSR count). The third-order valence-corrected chi connectivity index (χ3v) is 3.17. The van der Waals surface area contributed by atoms with Crippen molar-refractivity contribution in [3.63, 3.8) is 0 Å². The van der Waals surface area contributed by atoms with E-state index in [0.717, 1.165) is 36.4 Å². The summed E-state index contributed by atoms with van der Waals surface area (Å²) in [6.45, 7) is 6.89. The Morgan fingerprint density at radius 2 is 2.12 bits per heavy atom. The number of ether oxygens (including phenoxy) is 1. The zero-order valence-corrected chi connectivity index (χ0v) is 11.1. The van der Waals surface area contributed by atoms with Crippen molar-refractivity contribution >= 4 is 21.6 Å². The van der Waals surface area contributed by atoms with Gasteiger partial charge in [0, 0.05) is 30.7 Å². The monoisotopic (exact) mass is 284 g/mol. The van der Waals surface area contributed by atoms with Gasteiger partial charge in [0.1, 0.15) is 5.75 Å². The normalized spacial score (nSPS) is 16.2. The highest BCUT2D eigenvalue weighted by molar-refractivity contribution is 9.10. The number of hydrogen-bond acceptors (Lipinski definition) is 3. The smallest absolute Gasteiger partial charge is 0.143 e. The molecule has 0 radical (unpaired) electrons. The maximum Gasteiger partial charge on any atom is 0.143 e. The molecule has 0 bridgehead atoms. The molecule has 0 saturated carbocycles. The molecule has 0 amide bonds. The Bertz CT molecular complexity index is 351. The average Bonchev–Trinajstić information content (AvgIpc) is 2.31. The molecular weight excluding hydrogens is 268 g/mol. The van der Waals surface area contributed by atoms with Crippen molar-refractivity contribution in [1.82, 2.24) is 5.32 Å². The van der Waals surface area contributed by atoms with Crippen molar-refractivity contribution in [3.05, 3.63) is 22.7 Å². The first-order valence-electron chi connectivity index (χ1n) is 5.69. The summed E-state index contributed by atoms with van der Waals surface area (Å²) in [5, 5.41) is 3.36. The molecule has 16 heavy (non-hydrogen) atoms. The zero-order valence-electron chi connectivity index (χ0n) is 9.50. The molecule has 1 aliphatic rings. The quantitative estimate of drug-likeness (QED) is 0.922. The minimum atomic E-state index is 0.704. The maximum atomic E-state index is 5.68. The lowest BCUT2D eigenvalue weighted by Crippen LogP contribution is -2.43. The highest BCUT2D eigenvalue weighted by Crippen LogP contribution is 2.31. The van der Waals surface area contributed by atoms with E-state index in [4.69, 9.17) is 4.74 Å². The Hall–Kier alpha value is -0.740. The van der Waals surface area contributed by atoms with Crippen LogP contribution in [0.4, 0.5) is 5.69 Å². The van der Waals surface area contributed by atoms with Crippen LogP contribution < -0.4 is 15.0 Å². The second-order valence-corrected chi connectivity index (χ2v) is 4.70. The first kappa shape index (κ1) is 11.7. The summed E-state index contributed by atoms with van der Waals surface area (Å²) >= 11 is 3.48. The van der Waals surface area contributed by atoms with E-state index in [1.807, 2.05) is 13.0 Å². The summed E-state index contributed by atoms with van der Waals surface area (Å²) in [7, 11) is 0. The fraction of sp³-hybridized carbons (Fsp3) is 0.500. The van der Waals surface area contributed by atoms with Gasteiger partial charge in [0.2, 0.25) is 0 Å². The van der Waals surface area contributed by atoms with E-state index in [1.54, 1.807) is 0 Å². The predicted octanol–water partition coefficient (Wildman–Crippen LogP) is 2.26. The molecule has 0 spiro atoms. The molecule has 0 atom stereocenters. The summed E-state index contributed by atoms with van der Waals surface area (Å²) in [6.07, 6.45) is 0. The molecule has 88 valence electrons. The number of anilines is 1. The molecule has 1 aromatic carbocycles. The number of hydrogen-bond donors (Lipinski definition) is 1. The Balaban J connectivity index is 2.23. The molecule has 1 aliphatic heterocycles. The molecule has 1 saturated heterocycles. The van der Waals surface area contributed by atoms with Gasteiger partial charge in [-0.1, -0.05) is 15.9 Å². The number of halogens is 1. The molecule has 3 nitrogen and oxygen atoms in total. The molecule has 4 heteroatoms. The molecular formula is C12H17BrN2O. The second-order valence-electron chi connectivity index (χ2n) is 3.78. The fourth-order valence-corrected chi connectivity index (χ4v) is 2.27. The van der Waals surface area contributed by atoms with Gasteiger partial charge in [0.15, 0.2) is 0 Å². The van der Waals surface area contributed by atoms with Crippen molar-refractivity contribution in [2.75, 3.05) is 37.7 Å². The van der Waals surface area contributed by atoms with Crippen molar-refractivity contribution < 1.29 is 4.74 Å². The minimum absolute atomic E-state index is 0.704. The van der Waals surface area contributed by atoms with Crippen LogP contribution in [0.5, 0.6) is 5.75 Å². The number of rotatable bonds is 3.